The van der Waals surface area contributed by atoms with E-state index in [1.807, 2.05) is 13.0 Å². The number of hydrogen-bond acceptors (Lipinski definition) is 8. The number of aryl methyl sites for hydroxylation is 1. The largest absolute Gasteiger partial charge is 0.368 e. The van der Waals surface area contributed by atoms with Crippen LogP contribution in [0.15, 0.2) is 6.07 Å². The maximum absolute atomic E-state index is 11.6. The molecule has 0 fully saturated rings. The lowest BCUT2D eigenvalue weighted by Crippen LogP contribution is -2.29. The molecule has 0 unspecified atom stereocenters. The second-order valence-electron chi connectivity index (χ2n) is 4.36. The molecule has 2 aromatic rings. The smallest absolute Gasteiger partial charge is 0.240 e. The number of nitrogens with zero attached hydrogens (tertiary/aromatic N) is 2. The molecule has 0 atom stereocenters. The molecule has 2 heterocycles. The zero-order valence-corrected chi connectivity index (χ0v) is 13.4. The predicted molar refractivity (Wildman–Crippen MR) is 85.9 cm³/mol. The Kier molecular flexibility index (Phi) is 4.93. The molecule has 0 aromatic carbocycles. The van der Waals surface area contributed by atoms with Crippen molar-refractivity contribution in [1.82, 2.24) is 14.7 Å². The maximum atomic E-state index is 11.6. The minimum Gasteiger partial charge on any atom is -0.368 e. The standard InChI is InChI=1S/C11H18N6O2S2/c1-3-14-21(18,19)5-4-13-9-8-6-7(2)20-10(8)16-11(15-9)17-12/h6,14H,3-5,12H2,1-2H3,(H2,13,15,16,17). The average Bonchev–Trinajstić information content (AvgIpc) is 2.78. The van der Waals surface area contributed by atoms with Crippen LogP contribution in [0.1, 0.15) is 11.8 Å². The first kappa shape index (κ1) is 15.9. The fourth-order valence-electron chi connectivity index (χ4n) is 1.84. The molecular formula is C11H18N6O2S2. The lowest BCUT2D eigenvalue weighted by atomic mass is 10.3. The quantitative estimate of drug-likeness (QED) is 0.434. The van der Waals surface area contributed by atoms with E-state index in [-0.39, 0.29) is 12.3 Å². The van der Waals surface area contributed by atoms with Gasteiger partial charge in [0, 0.05) is 18.0 Å². The Morgan fingerprint density at radius 2 is 2.14 bits per heavy atom. The molecule has 0 aliphatic carbocycles. The number of nitrogens with two attached hydrogens (primary N) is 1. The second-order valence-corrected chi connectivity index (χ2v) is 7.52. The molecule has 5 N–H and O–H groups in total. The Labute approximate surface area is 127 Å². The minimum absolute atomic E-state index is 0.0269. The van der Waals surface area contributed by atoms with Crippen LogP contribution in [0.3, 0.4) is 0 Å². The zero-order valence-electron chi connectivity index (χ0n) is 11.8. The number of nitrogens with one attached hydrogen (secondary N) is 3. The number of rotatable bonds is 7. The van der Waals surface area contributed by atoms with Crippen LogP contribution >= 0.6 is 11.3 Å². The molecule has 0 bridgehead atoms. The number of hydrogen-bond donors (Lipinski definition) is 4. The lowest BCUT2D eigenvalue weighted by Gasteiger charge is -2.09. The van der Waals surface area contributed by atoms with E-state index in [0.29, 0.717) is 18.3 Å². The van der Waals surface area contributed by atoms with Gasteiger partial charge >= 0.3 is 0 Å². The molecule has 8 nitrogen and oxygen atoms in total. The summed E-state index contributed by atoms with van der Waals surface area (Å²) < 4.78 is 25.6. The van der Waals surface area contributed by atoms with Crippen molar-refractivity contribution in [2.45, 2.75) is 13.8 Å². The molecule has 0 aliphatic rings. The highest BCUT2D eigenvalue weighted by molar-refractivity contribution is 7.89. The number of aromatic nitrogens is 2. The van der Waals surface area contributed by atoms with Crippen LogP contribution in [0.2, 0.25) is 0 Å². The van der Waals surface area contributed by atoms with Crippen molar-refractivity contribution in [2.24, 2.45) is 5.84 Å². The number of sulfonamides is 1. The van der Waals surface area contributed by atoms with Crippen molar-refractivity contribution in [3.63, 3.8) is 0 Å². The Morgan fingerprint density at radius 3 is 2.81 bits per heavy atom. The number of fused-ring (bicyclic) bond motifs is 1. The van der Waals surface area contributed by atoms with E-state index in [2.05, 4.69) is 25.4 Å². The molecule has 21 heavy (non-hydrogen) atoms. The normalized spacial score (nSPS) is 11.8. The summed E-state index contributed by atoms with van der Waals surface area (Å²) in [4.78, 5) is 10.4. The van der Waals surface area contributed by atoms with E-state index >= 15 is 0 Å². The maximum Gasteiger partial charge on any atom is 0.240 e. The third-order valence-corrected chi connectivity index (χ3v) is 5.09. The fourth-order valence-corrected chi connectivity index (χ4v) is 3.67. The van der Waals surface area contributed by atoms with Crippen molar-refractivity contribution in [2.75, 3.05) is 29.6 Å². The van der Waals surface area contributed by atoms with E-state index in [9.17, 15) is 8.42 Å². The van der Waals surface area contributed by atoms with E-state index in [0.717, 1.165) is 15.1 Å². The Hall–Kier alpha value is -1.49. The topological polar surface area (TPSA) is 122 Å². The van der Waals surface area contributed by atoms with Gasteiger partial charge < -0.3 is 5.32 Å². The SMILES string of the molecule is CCNS(=O)(=O)CCNc1nc(NN)nc2sc(C)cc12. The monoisotopic (exact) mass is 330 g/mol. The Balaban J connectivity index is 2.17. The highest BCUT2D eigenvalue weighted by Crippen LogP contribution is 2.29. The van der Waals surface area contributed by atoms with Gasteiger partial charge in [0.1, 0.15) is 10.6 Å². The molecule has 2 aromatic heterocycles. The van der Waals surface area contributed by atoms with Gasteiger partial charge in [-0.25, -0.2) is 24.0 Å². The van der Waals surface area contributed by atoms with Crippen LogP contribution in [0, 0.1) is 6.92 Å². The Morgan fingerprint density at radius 1 is 1.38 bits per heavy atom. The van der Waals surface area contributed by atoms with Crippen LogP contribution in [0.4, 0.5) is 11.8 Å². The molecule has 0 saturated heterocycles. The molecule has 0 saturated carbocycles. The van der Waals surface area contributed by atoms with Crippen molar-refractivity contribution in [3.8, 4) is 0 Å². The first-order valence-corrected chi connectivity index (χ1v) is 8.88. The van der Waals surface area contributed by atoms with Gasteiger partial charge in [0.2, 0.25) is 16.0 Å². The van der Waals surface area contributed by atoms with Gasteiger partial charge in [-0.1, -0.05) is 6.92 Å². The van der Waals surface area contributed by atoms with E-state index in [1.165, 1.54) is 11.3 Å². The fraction of sp³-hybridized carbons (Fsp3) is 0.455. The van der Waals surface area contributed by atoms with E-state index in [4.69, 9.17) is 5.84 Å². The molecule has 0 spiro atoms. The first-order chi connectivity index (χ1) is 9.95. The molecule has 0 aliphatic heterocycles. The minimum atomic E-state index is -3.26. The van der Waals surface area contributed by atoms with Crippen molar-refractivity contribution in [3.05, 3.63) is 10.9 Å². The summed E-state index contributed by atoms with van der Waals surface area (Å²) in [6.07, 6.45) is 0. The molecule has 0 amide bonds. The van der Waals surface area contributed by atoms with Crippen LogP contribution in [0.25, 0.3) is 10.2 Å². The first-order valence-electron chi connectivity index (χ1n) is 6.41. The van der Waals surface area contributed by atoms with Crippen LogP contribution in [0.5, 0.6) is 0 Å². The number of hydrazine groups is 1. The van der Waals surface area contributed by atoms with Crippen LogP contribution in [-0.4, -0.2) is 37.2 Å². The second kappa shape index (κ2) is 6.52. The van der Waals surface area contributed by atoms with Gasteiger partial charge in [-0.05, 0) is 13.0 Å². The van der Waals surface area contributed by atoms with Gasteiger partial charge in [-0.3, -0.25) is 5.43 Å². The average molecular weight is 330 g/mol. The summed E-state index contributed by atoms with van der Waals surface area (Å²) in [5, 5.41) is 3.89. The highest BCUT2D eigenvalue weighted by Gasteiger charge is 2.12. The summed E-state index contributed by atoms with van der Waals surface area (Å²) in [5.41, 5.74) is 2.41. The van der Waals surface area contributed by atoms with Crippen LogP contribution < -0.4 is 21.3 Å². The van der Waals surface area contributed by atoms with Crippen LogP contribution in [-0.2, 0) is 10.0 Å². The number of nitrogen functional groups attached to an aromatic ring is 1. The predicted octanol–water partition coefficient (Wildman–Crippen LogP) is 0.637. The summed E-state index contributed by atoms with van der Waals surface area (Å²) >= 11 is 1.53. The lowest BCUT2D eigenvalue weighted by molar-refractivity contribution is 0.584. The van der Waals surface area contributed by atoms with Gasteiger partial charge in [-0.2, -0.15) is 4.98 Å². The highest BCUT2D eigenvalue weighted by atomic mass is 32.2. The number of thiophene rings is 1. The van der Waals surface area contributed by atoms with Crippen molar-refractivity contribution >= 4 is 43.3 Å². The van der Waals surface area contributed by atoms with E-state index < -0.39 is 10.0 Å². The summed E-state index contributed by atoms with van der Waals surface area (Å²) in [6.45, 7) is 4.35. The third-order valence-electron chi connectivity index (χ3n) is 2.67. The molecule has 0 radical (unpaired) electrons. The third kappa shape index (κ3) is 4.00. The van der Waals surface area contributed by atoms with Crippen molar-refractivity contribution < 1.29 is 8.42 Å². The van der Waals surface area contributed by atoms with Crippen molar-refractivity contribution in [1.29, 1.82) is 0 Å². The number of anilines is 2. The zero-order chi connectivity index (χ0) is 15.5. The van der Waals surface area contributed by atoms with Gasteiger partial charge in [0.15, 0.2) is 0 Å². The molecule has 10 heteroatoms. The summed E-state index contributed by atoms with van der Waals surface area (Å²) in [6, 6.07) is 1.96. The summed E-state index contributed by atoms with van der Waals surface area (Å²) in [5.74, 6) is 6.19. The van der Waals surface area contributed by atoms with Gasteiger partial charge in [0.05, 0.1) is 11.1 Å². The Bertz CT molecular complexity index is 728. The van der Waals surface area contributed by atoms with Gasteiger partial charge in [0.25, 0.3) is 0 Å². The molecular weight excluding hydrogens is 312 g/mol. The molecule has 2 rings (SSSR count). The summed E-state index contributed by atoms with van der Waals surface area (Å²) in [7, 11) is -3.26. The van der Waals surface area contributed by atoms with Gasteiger partial charge in [-0.15, -0.1) is 11.3 Å². The molecule has 116 valence electrons. The van der Waals surface area contributed by atoms with E-state index in [1.54, 1.807) is 6.92 Å².